The van der Waals surface area contributed by atoms with Crippen LogP contribution >= 0.6 is 11.6 Å². The predicted octanol–water partition coefficient (Wildman–Crippen LogP) is 1.66. The van der Waals surface area contributed by atoms with Gasteiger partial charge in [-0.3, -0.25) is 10.2 Å². The highest BCUT2D eigenvalue weighted by atomic mass is 35.5. The average molecular weight is 502 g/mol. The second-order valence-corrected chi connectivity index (χ2v) is 9.11. The van der Waals surface area contributed by atoms with Gasteiger partial charge < -0.3 is 25.6 Å². The van der Waals surface area contributed by atoms with Crippen molar-refractivity contribution >= 4 is 46.3 Å². The van der Waals surface area contributed by atoms with Crippen LogP contribution < -0.4 is 27.2 Å². The number of nitrogens with one attached hydrogen (secondary N) is 2. The molecule has 1 fully saturated rings. The molecule has 1 aliphatic heterocycles. The molecule has 186 valence electrons. The monoisotopic (exact) mass is 501 g/mol. The van der Waals surface area contributed by atoms with Crippen LogP contribution in [0.1, 0.15) is 37.3 Å². The smallest absolute Gasteiger partial charge is 0.405 e. The van der Waals surface area contributed by atoms with E-state index in [1.807, 2.05) is 16.7 Å². The maximum atomic E-state index is 11.8. The SMILES string of the molecule is CCc1cc(Cl)cc(N2CCC(CCC(=O)NN)(NC(=O)O)C2)c1Cn1cnc2c(N)ncnc21. The molecule has 7 N–H and O–H groups in total. The molecule has 2 amide bonds. The van der Waals surface area contributed by atoms with Crippen molar-refractivity contribution in [2.24, 2.45) is 5.84 Å². The third kappa shape index (κ3) is 5.08. The maximum Gasteiger partial charge on any atom is 0.405 e. The van der Waals surface area contributed by atoms with E-state index >= 15 is 0 Å². The summed E-state index contributed by atoms with van der Waals surface area (Å²) in [6, 6.07) is 3.83. The van der Waals surface area contributed by atoms with Gasteiger partial charge in [-0.1, -0.05) is 18.5 Å². The van der Waals surface area contributed by atoms with Gasteiger partial charge in [-0.25, -0.2) is 25.6 Å². The topological polar surface area (TPSA) is 177 Å². The van der Waals surface area contributed by atoms with Crippen molar-refractivity contribution < 1.29 is 14.7 Å². The molecule has 0 saturated carbocycles. The number of carbonyl (C=O) groups is 2. The largest absolute Gasteiger partial charge is 0.465 e. The predicted molar refractivity (Wildman–Crippen MR) is 132 cm³/mol. The molecular weight excluding hydrogens is 474 g/mol. The molecule has 35 heavy (non-hydrogen) atoms. The lowest BCUT2D eigenvalue weighted by Gasteiger charge is -2.31. The highest BCUT2D eigenvalue weighted by molar-refractivity contribution is 6.31. The van der Waals surface area contributed by atoms with Crippen molar-refractivity contribution in [3.63, 3.8) is 0 Å². The van der Waals surface area contributed by atoms with Gasteiger partial charge >= 0.3 is 6.09 Å². The molecule has 1 aromatic carbocycles. The molecule has 1 unspecified atom stereocenters. The summed E-state index contributed by atoms with van der Waals surface area (Å²) in [7, 11) is 0. The second-order valence-electron chi connectivity index (χ2n) is 8.67. The minimum Gasteiger partial charge on any atom is -0.465 e. The van der Waals surface area contributed by atoms with E-state index in [1.165, 1.54) is 6.33 Å². The van der Waals surface area contributed by atoms with E-state index < -0.39 is 11.6 Å². The zero-order valence-electron chi connectivity index (χ0n) is 19.3. The average Bonchev–Trinajstić information content (AvgIpc) is 3.43. The standard InChI is InChI=1S/C22H28ClN9O3/c1-2-13-7-14(23)8-16(15(13)9-32-12-28-18-19(24)26-11-27-20(18)32)31-6-5-22(10-31,29-21(34)35)4-3-17(33)30-25/h7-8,11-12,29H,2-6,9-10,25H2,1H3,(H,30,33)(H,34,35)(H2,24,26,27). The summed E-state index contributed by atoms with van der Waals surface area (Å²) in [5.74, 6) is 5.18. The first kappa shape index (κ1) is 24.5. The van der Waals surface area contributed by atoms with Crippen LogP contribution in [0.15, 0.2) is 24.8 Å². The van der Waals surface area contributed by atoms with Gasteiger partial charge in [0.05, 0.1) is 18.4 Å². The van der Waals surface area contributed by atoms with Crippen molar-refractivity contribution in [1.29, 1.82) is 0 Å². The Labute approximate surface area is 206 Å². The van der Waals surface area contributed by atoms with E-state index in [0.29, 0.717) is 54.5 Å². The number of nitrogens with zero attached hydrogens (tertiary/aromatic N) is 5. The Bertz CT molecular complexity index is 1260. The number of aryl methyl sites for hydroxylation is 1. The van der Waals surface area contributed by atoms with Crippen LogP contribution in [0.4, 0.5) is 16.3 Å². The molecule has 2 aromatic heterocycles. The molecule has 1 atom stereocenters. The molecule has 0 aliphatic carbocycles. The van der Waals surface area contributed by atoms with Gasteiger partial charge in [-0.2, -0.15) is 0 Å². The van der Waals surface area contributed by atoms with E-state index in [9.17, 15) is 14.7 Å². The third-order valence-electron chi connectivity index (χ3n) is 6.48. The van der Waals surface area contributed by atoms with Gasteiger partial charge in [0, 0.05) is 30.2 Å². The molecule has 0 bridgehead atoms. The number of benzene rings is 1. The fraction of sp³-hybridized carbons (Fsp3) is 0.409. The number of hydrazine groups is 1. The molecule has 0 radical (unpaired) electrons. The summed E-state index contributed by atoms with van der Waals surface area (Å²) >= 11 is 6.49. The Kier molecular flexibility index (Phi) is 6.94. The van der Waals surface area contributed by atoms with E-state index in [0.717, 1.165) is 23.2 Å². The Morgan fingerprint density at radius 1 is 1.29 bits per heavy atom. The van der Waals surface area contributed by atoms with Crippen LogP contribution in [0.2, 0.25) is 5.02 Å². The van der Waals surface area contributed by atoms with Crippen LogP contribution in [0.5, 0.6) is 0 Å². The van der Waals surface area contributed by atoms with Crippen LogP contribution in [-0.2, 0) is 17.8 Å². The maximum absolute atomic E-state index is 11.8. The molecule has 1 aliphatic rings. The van der Waals surface area contributed by atoms with Gasteiger partial charge in [0.15, 0.2) is 11.5 Å². The number of hydrogen-bond donors (Lipinski definition) is 5. The van der Waals surface area contributed by atoms with Crippen LogP contribution in [0, 0.1) is 0 Å². The van der Waals surface area contributed by atoms with Gasteiger partial charge in [0.2, 0.25) is 5.91 Å². The number of anilines is 2. The highest BCUT2D eigenvalue weighted by Gasteiger charge is 2.40. The van der Waals surface area contributed by atoms with Crippen LogP contribution in [0.3, 0.4) is 0 Å². The molecule has 12 nitrogen and oxygen atoms in total. The molecule has 0 spiro atoms. The van der Waals surface area contributed by atoms with Crippen molar-refractivity contribution in [2.45, 2.75) is 44.7 Å². The quantitative estimate of drug-likeness (QED) is 0.174. The van der Waals surface area contributed by atoms with Crippen molar-refractivity contribution in [1.82, 2.24) is 30.3 Å². The summed E-state index contributed by atoms with van der Waals surface area (Å²) in [5.41, 5.74) is 11.4. The number of aromatic nitrogens is 4. The Balaban J connectivity index is 1.70. The number of nitrogen functional groups attached to an aromatic ring is 1. The first-order valence-electron chi connectivity index (χ1n) is 11.2. The zero-order chi connectivity index (χ0) is 25.2. The fourth-order valence-corrected chi connectivity index (χ4v) is 4.98. The summed E-state index contributed by atoms with van der Waals surface area (Å²) in [6.07, 6.45) is 3.65. The minimum atomic E-state index is -1.14. The Morgan fingerprint density at radius 2 is 2.09 bits per heavy atom. The van der Waals surface area contributed by atoms with E-state index in [4.69, 9.17) is 23.2 Å². The summed E-state index contributed by atoms with van der Waals surface area (Å²) < 4.78 is 1.91. The zero-order valence-corrected chi connectivity index (χ0v) is 20.0. The van der Waals surface area contributed by atoms with Crippen LogP contribution in [-0.4, -0.2) is 55.3 Å². The third-order valence-corrected chi connectivity index (χ3v) is 6.70. The number of hydrogen-bond acceptors (Lipinski definition) is 8. The summed E-state index contributed by atoms with van der Waals surface area (Å²) in [6.45, 7) is 3.49. The number of fused-ring (bicyclic) bond motifs is 1. The normalized spacial score (nSPS) is 17.6. The lowest BCUT2D eigenvalue weighted by Crippen LogP contribution is -2.50. The summed E-state index contributed by atoms with van der Waals surface area (Å²) in [4.78, 5) is 38.2. The summed E-state index contributed by atoms with van der Waals surface area (Å²) in [5, 5.41) is 12.7. The lowest BCUT2D eigenvalue weighted by molar-refractivity contribution is -0.121. The number of halogens is 1. The van der Waals surface area contributed by atoms with Gasteiger partial charge in [-0.15, -0.1) is 0 Å². The number of nitrogens with two attached hydrogens (primary N) is 2. The van der Waals surface area contributed by atoms with Crippen molar-refractivity contribution in [2.75, 3.05) is 23.7 Å². The number of amides is 2. The highest BCUT2D eigenvalue weighted by Crippen LogP contribution is 2.36. The molecule has 1 saturated heterocycles. The number of rotatable bonds is 8. The molecule has 3 heterocycles. The van der Waals surface area contributed by atoms with Crippen molar-refractivity contribution in [3.05, 3.63) is 40.9 Å². The number of carboxylic acid groups (broad SMARTS) is 1. The first-order chi connectivity index (χ1) is 16.7. The lowest BCUT2D eigenvalue weighted by atomic mass is 9.92. The molecule has 13 heteroatoms. The van der Waals surface area contributed by atoms with Crippen molar-refractivity contribution in [3.8, 4) is 0 Å². The van der Waals surface area contributed by atoms with E-state index in [1.54, 1.807) is 6.33 Å². The van der Waals surface area contributed by atoms with E-state index in [2.05, 4.69) is 37.5 Å². The fourth-order valence-electron chi connectivity index (χ4n) is 4.74. The Hall–Kier alpha value is -3.64. The second kappa shape index (κ2) is 9.92. The van der Waals surface area contributed by atoms with Gasteiger partial charge in [0.25, 0.3) is 0 Å². The molecule has 3 aromatic rings. The van der Waals surface area contributed by atoms with Gasteiger partial charge in [-0.05, 0) is 42.5 Å². The van der Waals surface area contributed by atoms with Gasteiger partial charge in [0.1, 0.15) is 11.8 Å². The minimum absolute atomic E-state index is 0.107. The number of carbonyl (C=O) groups excluding carboxylic acids is 1. The Morgan fingerprint density at radius 3 is 2.80 bits per heavy atom. The van der Waals surface area contributed by atoms with Crippen LogP contribution in [0.25, 0.3) is 11.2 Å². The number of imidazole rings is 1. The molecular formula is C22H28ClN9O3. The van der Waals surface area contributed by atoms with E-state index in [-0.39, 0.29) is 12.3 Å². The molecule has 4 rings (SSSR count). The first-order valence-corrected chi connectivity index (χ1v) is 11.6.